The Morgan fingerprint density at radius 3 is 2.55 bits per heavy atom. The van der Waals surface area contributed by atoms with E-state index in [2.05, 4.69) is 50.4 Å². The molecule has 0 saturated heterocycles. The van der Waals surface area contributed by atoms with Crippen LogP contribution >= 0.6 is 0 Å². The number of benzene rings is 1. The largest absolute Gasteiger partial charge is 0.314 e. The van der Waals surface area contributed by atoms with Crippen molar-refractivity contribution in [2.45, 2.75) is 68.6 Å². The van der Waals surface area contributed by atoms with Crippen LogP contribution in [-0.4, -0.2) is 22.0 Å². The van der Waals surface area contributed by atoms with E-state index in [9.17, 15) is 4.21 Å². The summed E-state index contributed by atoms with van der Waals surface area (Å²) in [4.78, 5) is 0.996. The minimum Gasteiger partial charge on any atom is -0.314 e. The molecule has 0 aliphatic heterocycles. The second-order valence-corrected chi connectivity index (χ2v) is 7.84. The Kier molecular flexibility index (Phi) is 5.79. The summed E-state index contributed by atoms with van der Waals surface area (Å²) in [5, 5.41) is 3.89. The highest BCUT2D eigenvalue weighted by Gasteiger charge is 2.29. The van der Waals surface area contributed by atoms with Crippen LogP contribution in [0.2, 0.25) is 0 Å². The van der Waals surface area contributed by atoms with Crippen LogP contribution in [0.25, 0.3) is 0 Å². The first-order chi connectivity index (χ1) is 9.61. The lowest BCUT2D eigenvalue weighted by Gasteiger charge is -2.13. The van der Waals surface area contributed by atoms with Crippen molar-refractivity contribution in [3.05, 3.63) is 29.8 Å². The number of hydrogen-bond acceptors (Lipinski definition) is 2. The summed E-state index contributed by atoms with van der Waals surface area (Å²) in [6.07, 6.45) is 4.47. The maximum atomic E-state index is 12.6. The minimum absolute atomic E-state index is 0.328. The smallest absolute Gasteiger partial charge is 0.0561 e. The van der Waals surface area contributed by atoms with Crippen LogP contribution in [0.4, 0.5) is 0 Å². The van der Waals surface area contributed by atoms with E-state index in [4.69, 9.17) is 0 Å². The first kappa shape index (κ1) is 15.7. The molecule has 1 aliphatic carbocycles. The van der Waals surface area contributed by atoms with Gasteiger partial charge in [-0.25, -0.2) is 0 Å². The lowest BCUT2D eigenvalue weighted by atomic mass is 10.0. The summed E-state index contributed by atoms with van der Waals surface area (Å²) in [6.45, 7) is 7.64. The predicted octanol–water partition coefficient (Wildman–Crippen LogP) is 3.84. The quantitative estimate of drug-likeness (QED) is 0.863. The minimum atomic E-state index is -0.846. The third kappa shape index (κ3) is 3.92. The highest BCUT2D eigenvalue weighted by Crippen LogP contribution is 2.28. The Morgan fingerprint density at radius 2 is 1.95 bits per heavy atom. The molecule has 2 rings (SSSR count). The van der Waals surface area contributed by atoms with E-state index in [0.29, 0.717) is 17.2 Å². The molecule has 0 amide bonds. The summed E-state index contributed by atoms with van der Waals surface area (Å²) in [5.74, 6) is 0.534. The summed E-state index contributed by atoms with van der Waals surface area (Å²) >= 11 is 0. The van der Waals surface area contributed by atoms with Crippen molar-refractivity contribution in [2.24, 2.45) is 0 Å². The summed E-state index contributed by atoms with van der Waals surface area (Å²) in [5.41, 5.74) is 1.32. The van der Waals surface area contributed by atoms with Gasteiger partial charge in [-0.3, -0.25) is 4.21 Å². The molecular weight excluding hydrogens is 266 g/mol. The van der Waals surface area contributed by atoms with Crippen molar-refractivity contribution in [1.82, 2.24) is 5.32 Å². The topological polar surface area (TPSA) is 29.1 Å². The first-order valence-corrected chi connectivity index (χ1v) is 9.07. The van der Waals surface area contributed by atoms with Crippen molar-refractivity contribution in [2.75, 3.05) is 6.54 Å². The van der Waals surface area contributed by atoms with Crippen LogP contribution in [0.3, 0.4) is 0 Å². The van der Waals surface area contributed by atoms with Crippen molar-refractivity contribution in [1.29, 1.82) is 0 Å². The number of hydrogen-bond donors (Lipinski definition) is 1. The molecule has 0 heterocycles. The number of rotatable bonds is 6. The van der Waals surface area contributed by atoms with E-state index in [1.165, 1.54) is 18.4 Å². The van der Waals surface area contributed by atoms with Gasteiger partial charge < -0.3 is 5.32 Å². The van der Waals surface area contributed by atoms with E-state index >= 15 is 0 Å². The summed E-state index contributed by atoms with van der Waals surface area (Å²) in [7, 11) is -0.846. The Bertz CT molecular complexity index is 441. The fraction of sp³-hybridized carbons (Fsp3) is 0.647. The lowest BCUT2D eigenvalue weighted by Crippen LogP contribution is -2.28. The fourth-order valence-electron chi connectivity index (χ4n) is 2.85. The standard InChI is InChI=1S/C17H27NOS/c1-4-11-18-15-7-10-17(12-15)20(19)16-8-5-14(6-9-16)13(2)3/h5-6,8-9,13,15,17-18H,4,7,10-12H2,1-3H3. The Morgan fingerprint density at radius 1 is 1.25 bits per heavy atom. The van der Waals surface area contributed by atoms with Gasteiger partial charge >= 0.3 is 0 Å². The molecule has 112 valence electrons. The second kappa shape index (κ2) is 7.37. The fourth-order valence-corrected chi connectivity index (χ4v) is 4.39. The van der Waals surface area contributed by atoms with E-state index in [1.807, 2.05) is 0 Å². The molecule has 20 heavy (non-hydrogen) atoms. The molecule has 0 bridgehead atoms. The molecule has 3 unspecified atom stereocenters. The highest BCUT2D eigenvalue weighted by molar-refractivity contribution is 7.85. The van der Waals surface area contributed by atoms with Crippen molar-refractivity contribution in [3.8, 4) is 0 Å². The molecular formula is C17H27NOS. The van der Waals surface area contributed by atoms with Crippen molar-refractivity contribution >= 4 is 10.8 Å². The van der Waals surface area contributed by atoms with Crippen LogP contribution in [0, 0.1) is 0 Å². The molecule has 0 aromatic heterocycles. The normalized spacial score (nSPS) is 24.2. The second-order valence-electron chi connectivity index (χ2n) is 6.11. The van der Waals surface area contributed by atoms with Crippen LogP contribution in [0.15, 0.2) is 29.2 Å². The van der Waals surface area contributed by atoms with Gasteiger partial charge in [0.05, 0.1) is 10.8 Å². The molecule has 3 atom stereocenters. The SMILES string of the molecule is CCCNC1CCC(S(=O)c2ccc(C(C)C)cc2)C1. The van der Waals surface area contributed by atoms with Crippen LogP contribution in [-0.2, 0) is 10.8 Å². The van der Waals surface area contributed by atoms with Crippen LogP contribution in [0.1, 0.15) is 57.9 Å². The van der Waals surface area contributed by atoms with Gasteiger partial charge in [0.25, 0.3) is 0 Å². The van der Waals surface area contributed by atoms with E-state index in [-0.39, 0.29) is 0 Å². The molecule has 1 saturated carbocycles. The van der Waals surface area contributed by atoms with Gasteiger partial charge in [-0.15, -0.1) is 0 Å². The Labute approximate surface area is 125 Å². The van der Waals surface area contributed by atoms with E-state index in [0.717, 1.165) is 24.3 Å². The maximum absolute atomic E-state index is 12.6. The molecule has 0 radical (unpaired) electrons. The zero-order valence-corrected chi connectivity index (χ0v) is 13.7. The van der Waals surface area contributed by atoms with Gasteiger partial charge in [0, 0.05) is 16.2 Å². The third-order valence-corrected chi connectivity index (χ3v) is 5.92. The molecule has 0 spiro atoms. The summed E-state index contributed by atoms with van der Waals surface area (Å²) < 4.78 is 12.6. The maximum Gasteiger partial charge on any atom is 0.0561 e. The molecule has 2 nitrogen and oxygen atoms in total. The average Bonchev–Trinajstić information content (AvgIpc) is 2.93. The lowest BCUT2D eigenvalue weighted by molar-refractivity contribution is 0.523. The van der Waals surface area contributed by atoms with Gasteiger partial charge in [0.2, 0.25) is 0 Å². The van der Waals surface area contributed by atoms with Crippen molar-refractivity contribution < 1.29 is 4.21 Å². The van der Waals surface area contributed by atoms with Crippen LogP contribution < -0.4 is 5.32 Å². The highest BCUT2D eigenvalue weighted by atomic mass is 32.2. The average molecular weight is 293 g/mol. The van der Waals surface area contributed by atoms with Crippen LogP contribution in [0.5, 0.6) is 0 Å². The Hall–Kier alpha value is -0.670. The first-order valence-electron chi connectivity index (χ1n) is 7.85. The predicted molar refractivity (Wildman–Crippen MR) is 86.7 cm³/mol. The number of nitrogens with one attached hydrogen (secondary N) is 1. The van der Waals surface area contributed by atoms with Gasteiger partial charge in [-0.05, 0) is 55.8 Å². The zero-order chi connectivity index (χ0) is 14.5. The van der Waals surface area contributed by atoms with Gasteiger partial charge in [-0.1, -0.05) is 32.9 Å². The molecule has 3 heteroatoms. The van der Waals surface area contributed by atoms with E-state index < -0.39 is 10.8 Å². The molecule has 1 fully saturated rings. The van der Waals surface area contributed by atoms with Crippen molar-refractivity contribution in [3.63, 3.8) is 0 Å². The third-order valence-electron chi connectivity index (χ3n) is 4.15. The molecule has 1 aromatic carbocycles. The van der Waals surface area contributed by atoms with E-state index in [1.54, 1.807) is 0 Å². The monoisotopic (exact) mass is 293 g/mol. The van der Waals surface area contributed by atoms with Gasteiger partial charge in [0.1, 0.15) is 0 Å². The molecule has 1 aromatic rings. The van der Waals surface area contributed by atoms with Gasteiger partial charge in [-0.2, -0.15) is 0 Å². The zero-order valence-electron chi connectivity index (χ0n) is 12.9. The molecule has 1 aliphatic rings. The Balaban J connectivity index is 1.94. The molecule has 1 N–H and O–H groups in total. The summed E-state index contributed by atoms with van der Waals surface area (Å²) in [6, 6.07) is 8.93. The van der Waals surface area contributed by atoms with Gasteiger partial charge in [0.15, 0.2) is 0 Å².